The SMILES string of the molecule is CC(C)(C)OC(=O)N1CCC(c2ccc3[nH]cc(C(O)C(F)(F)F)c3c2)CC1. The van der Waals surface area contributed by atoms with E-state index >= 15 is 0 Å². The van der Waals surface area contributed by atoms with Crippen LogP contribution in [0.4, 0.5) is 18.0 Å². The molecule has 1 amide bonds. The average molecular weight is 398 g/mol. The number of aliphatic hydroxyl groups is 1. The van der Waals surface area contributed by atoms with Crippen LogP contribution in [-0.4, -0.2) is 46.0 Å². The molecule has 1 unspecified atom stereocenters. The summed E-state index contributed by atoms with van der Waals surface area (Å²) in [5, 5.41) is 10.0. The van der Waals surface area contributed by atoms with E-state index in [-0.39, 0.29) is 17.6 Å². The van der Waals surface area contributed by atoms with E-state index < -0.39 is 17.9 Å². The molecule has 0 bridgehead atoms. The third-order valence-corrected chi connectivity index (χ3v) is 4.96. The molecule has 154 valence electrons. The summed E-state index contributed by atoms with van der Waals surface area (Å²) in [7, 11) is 0. The van der Waals surface area contributed by atoms with Gasteiger partial charge in [0.1, 0.15) is 5.60 Å². The molecular weight excluding hydrogens is 373 g/mol. The van der Waals surface area contributed by atoms with Crippen LogP contribution in [0, 0.1) is 0 Å². The van der Waals surface area contributed by atoms with E-state index in [1.54, 1.807) is 17.0 Å². The lowest BCUT2D eigenvalue weighted by Gasteiger charge is -2.33. The first-order chi connectivity index (χ1) is 13.0. The number of hydrogen-bond acceptors (Lipinski definition) is 3. The zero-order valence-electron chi connectivity index (χ0n) is 16.1. The first kappa shape index (κ1) is 20.5. The molecule has 5 nitrogen and oxygen atoms in total. The number of ether oxygens (including phenoxy) is 1. The predicted molar refractivity (Wildman–Crippen MR) is 99.1 cm³/mol. The maximum absolute atomic E-state index is 12.9. The highest BCUT2D eigenvalue weighted by Gasteiger charge is 2.40. The molecule has 1 fully saturated rings. The number of amides is 1. The van der Waals surface area contributed by atoms with E-state index in [1.165, 1.54) is 6.20 Å². The third kappa shape index (κ3) is 4.43. The van der Waals surface area contributed by atoms with Crippen molar-refractivity contribution in [3.05, 3.63) is 35.5 Å². The topological polar surface area (TPSA) is 65.6 Å². The Balaban J connectivity index is 1.74. The lowest BCUT2D eigenvalue weighted by molar-refractivity contribution is -0.206. The minimum Gasteiger partial charge on any atom is -0.444 e. The number of likely N-dealkylation sites (tertiary alicyclic amines) is 1. The Labute approximate surface area is 161 Å². The van der Waals surface area contributed by atoms with Gasteiger partial charge in [-0.25, -0.2) is 4.79 Å². The maximum atomic E-state index is 12.9. The van der Waals surface area contributed by atoms with Gasteiger partial charge in [0, 0.05) is 35.8 Å². The fraction of sp³-hybridized carbons (Fsp3) is 0.550. The van der Waals surface area contributed by atoms with Crippen molar-refractivity contribution in [1.82, 2.24) is 9.88 Å². The van der Waals surface area contributed by atoms with Gasteiger partial charge < -0.3 is 19.7 Å². The molecule has 1 aliphatic rings. The van der Waals surface area contributed by atoms with Crippen molar-refractivity contribution in [3.8, 4) is 0 Å². The molecule has 1 aliphatic heterocycles. The minimum atomic E-state index is -4.72. The first-order valence-corrected chi connectivity index (χ1v) is 9.29. The van der Waals surface area contributed by atoms with E-state index in [1.807, 2.05) is 26.8 Å². The van der Waals surface area contributed by atoms with Crippen molar-refractivity contribution in [2.75, 3.05) is 13.1 Å². The highest BCUT2D eigenvalue weighted by Crippen LogP contribution is 2.38. The summed E-state index contributed by atoms with van der Waals surface area (Å²) in [5.74, 6) is 0.133. The van der Waals surface area contributed by atoms with Crippen LogP contribution in [0.1, 0.15) is 56.8 Å². The van der Waals surface area contributed by atoms with Gasteiger partial charge in [0.05, 0.1) is 0 Å². The Morgan fingerprint density at radius 2 is 1.89 bits per heavy atom. The summed E-state index contributed by atoms with van der Waals surface area (Å²) >= 11 is 0. The first-order valence-electron chi connectivity index (χ1n) is 9.29. The Kier molecular flexibility index (Phi) is 5.36. The minimum absolute atomic E-state index is 0.133. The number of aromatic amines is 1. The molecule has 2 heterocycles. The summed E-state index contributed by atoms with van der Waals surface area (Å²) in [5.41, 5.74) is 0.735. The van der Waals surface area contributed by atoms with Crippen molar-refractivity contribution < 1.29 is 27.8 Å². The molecule has 0 spiro atoms. The van der Waals surface area contributed by atoms with Gasteiger partial charge in [0.25, 0.3) is 0 Å². The van der Waals surface area contributed by atoms with E-state index in [0.717, 1.165) is 5.56 Å². The summed E-state index contributed by atoms with van der Waals surface area (Å²) in [4.78, 5) is 16.6. The predicted octanol–water partition coefficient (Wildman–Crippen LogP) is 4.88. The number of aliphatic hydroxyl groups excluding tert-OH is 1. The maximum Gasteiger partial charge on any atom is 0.418 e. The van der Waals surface area contributed by atoms with E-state index in [9.17, 15) is 23.1 Å². The van der Waals surface area contributed by atoms with Gasteiger partial charge in [0.15, 0.2) is 6.10 Å². The van der Waals surface area contributed by atoms with Crippen molar-refractivity contribution >= 4 is 17.0 Å². The Bertz CT molecular complexity index is 846. The lowest BCUT2D eigenvalue weighted by Crippen LogP contribution is -2.41. The number of H-pyrrole nitrogens is 1. The van der Waals surface area contributed by atoms with Crippen LogP contribution in [0.5, 0.6) is 0 Å². The van der Waals surface area contributed by atoms with Crippen LogP contribution in [0.2, 0.25) is 0 Å². The number of nitrogens with zero attached hydrogens (tertiary/aromatic N) is 1. The molecule has 2 N–H and O–H groups in total. The van der Waals surface area contributed by atoms with Crippen LogP contribution in [0.25, 0.3) is 10.9 Å². The van der Waals surface area contributed by atoms with Crippen molar-refractivity contribution in [1.29, 1.82) is 0 Å². The molecule has 8 heteroatoms. The van der Waals surface area contributed by atoms with Crippen molar-refractivity contribution in [3.63, 3.8) is 0 Å². The molecule has 3 rings (SSSR count). The molecule has 2 aromatic rings. The van der Waals surface area contributed by atoms with Gasteiger partial charge in [-0.2, -0.15) is 13.2 Å². The summed E-state index contributed by atoms with van der Waals surface area (Å²) in [6.07, 6.45) is -4.98. The highest BCUT2D eigenvalue weighted by atomic mass is 19.4. The second-order valence-corrected chi connectivity index (χ2v) is 8.23. The van der Waals surface area contributed by atoms with Crippen molar-refractivity contribution in [2.24, 2.45) is 0 Å². The second-order valence-electron chi connectivity index (χ2n) is 8.23. The summed E-state index contributed by atoms with van der Waals surface area (Å²) in [6, 6.07) is 5.33. The van der Waals surface area contributed by atoms with E-state index in [0.29, 0.717) is 36.8 Å². The largest absolute Gasteiger partial charge is 0.444 e. The normalized spacial score (nSPS) is 17.8. The Morgan fingerprint density at radius 3 is 2.46 bits per heavy atom. The van der Waals surface area contributed by atoms with Gasteiger partial charge in [0.2, 0.25) is 0 Å². The quantitative estimate of drug-likeness (QED) is 0.758. The second kappa shape index (κ2) is 7.31. The number of hydrogen-bond donors (Lipinski definition) is 2. The summed E-state index contributed by atoms with van der Waals surface area (Å²) < 4.78 is 44.1. The Morgan fingerprint density at radius 1 is 1.25 bits per heavy atom. The zero-order chi connectivity index (χ0) is 20.7. The van der Waals surface area contributed by atoms with Crippen LogP contribution in [0.15, 0.2) is 24.4 Å². The lowest BCUT2D eigenvalue weighted by atomic mass is 9.88. The molecule has 1 aromatic heterocycles. The number of piperidine rings is 1. The number of alkyl halides is 3. The number of aromatic nitrogens is 1. The number of halogens is 3. The molecule has 0 radical (unpaired) electrons. The Hall–Kier alpha value is -2.22. The van der Waals surface area contributed by atoms with Gasteiger partial charge in [-0.15, -0.1) is 0 Å². The smallest absolute Gasteiger partial charge is 0.418 e. The van der Waals surface area contributed by atoms with Gasteiger partial charge >= 0.3 is 12.3 Å². The van der Waals surface area contributed by atoms with Gasteiger partial charge in [-0.05, 0) is 57.2 Å². The van der Waals surface area contributed by atoms with Crippen LogP contribution >= 0.6 is 0 Å². The number of nitrogens with one attached hydrogen (secondary N) is 1. The molecular formula is C20H25F3N2O3. The molecule has 1 atom stereocenters. The molecule has 1 saturated heterocycles. The zero-order valence-corrected chi connectivity index (χ0v) is 16.1. The van der Waals surface area contributed by atoms with Crippen LogP contribution < -0.4 is 0 Å². The number of rotatable bonds is 2. The van der Waals surface area contributed by atoms with Gasteiger partial charge in [-0.3, -0.25) is 0 Å². The molecule has 28 heavy (non-hydrogen) atoms. The fourth-order valence-electron chi connectivity index (χ4n) is 3.54. The monoisotopic (exact) mass is 398 g/mol. The van der Waals surface area contributed by atoms with Crippen LogP contribution in [-0.2, 0) is 4.74 Å². The molecule has 0 saturated carbocycles. The number of benzene rings is 1. The molecule has 0 aliphatic carbocycles. The fourth-order valence-corrected chi connectivity index (χ4v) is 3.54. The number of carbonyl (C=O) groups excluding carboxylic acids is 1. The highest BCUT2D eigenvalue weighted by molar-refractivity contribution is 5.84. The summed E-state index contributed by atoms with van der Waals surface area (Å²) in [6.45, 7) is 6.51. The average Bonchev–Trinajstić information content (AvgIpc) is 3.02. The van der Waals surface area contributed by atoms with Crippen LogP contribution in [0.3, 0.4) is 0 Å². The third-order valence-electron chi connectivity index (χ3n) is 4.96. The number of carbonyl (C=O) groups is 1. The van der Waals surface area contributed by atoms with E-state index in [4.69, 9.17) is 4.74 Å². The van der Waals surface area contributed by atoms with Crippen molar-refractivity contribution in [2.45, 2.75) is 57.4 Å². The van der Waals surface area contributed by atoms with E-state index in [2.05, 4.69) is 4.98 Å². The van der Waals surface area contributed by atoms with Gasteiger partial charge in [-0.1, -0.05) is 6.07 Å². The molecule has 1 aromatic carbocycles. The standard InChI is InChI=1S/C20H25F3N2O3/c1-19(2,3)28-18(27)25-8-6-12(7-9-25)13-4-5-16-14(10-13)15(11-24-16)17(26)20(21,22)23/h4-5,10-12,17,24,26H,6-9H2,1-3H3. The number of fused-ring (bicyclic) bond motifs is 1.